The maximum Gasteiger partial charge on any atom is 0.424 e. The Hall–Kier alpha value is -0.810. The molecule has 5 heteroatoms. The average molecular weight is 215 g/mol. The number of nitrogens with zero attached hydrogens (tertiary/aromatic N) is 2. The van der Waals surface area contributed by atoms with Crippen LogP contribution in [0.4, 0.5) is 4.79 Å². The van der Waals surface area contributed by atoms with Crippen molar-refractivity contribution in [3.8, 4) is 0 Å². The van der Waals surface area contributed by atoms with Gasteiger partial charge in [0.05, 0.1) is 0 Å². The second-order valence-electron chi connectivity index (χ2n) is 4.71. The molecular formula is C10H21N3O2. The lowest BCUT2D eigenvalue weighted by molar-refractivity contribution is -0.0419. The van der Waals surface area contributed by atoms with E-state index >= 15 is 0 Å². The third-order valence-corrected chi connectivity index (χ3v) is 2.18. The second-order valence-corrected chi connectivity index (χ2v) is 4.71. The van der Waals surface area contributed by atoms with E-state index in [2.05, 4.69) is 5.32 Å². The van der Waals surface area contributed by atoms with Gasteiger partial charge in [0.25, 0.3) is 0 Å². The largest absolute Gasteiger partial charge is 0.443 e. The molecule has 0 bridgehead atoms. The van der Waals surface area contributed by atoms with E-state index in [0.29, 0.717) is 0 Å². The van der Waals surface area contributed by atoms with Crippen LogP contribution in [0.2, 0.25) is 0 Å². The highest BCUT2D eigenvalue weighted by molar-refractivity contribution is 5.67. The number of ether oxygens (including phenoxy) is 1. The van der Waals surface area contributed by atoms with Crippen molar-refractivity contribution in [3.05, 3.63) is 0 Å². The van der Waals surface area contributed by atoms with Gasteiger partial charge in [-0.05, 0) is 20.8 Å². The van der Waals surface area contributed by atoms with Crippen LogP contribution in [-0.4, -0.2) is 54.9 Å². The zero-order valence-electron chi connectivity index (χ0n) is 10.0. The van der Waals surface area contributed by atoms with Crippen LogP contribution in [0.1, 0.15) is 20.8 Å². The summed E-state index contributed by atoms with van der Waals surface area (Å²) in [5.41, 5.74) is -0.431. The molecule has 1 aliphatic heterocycles. The molecule has 0 aromatic heterocycles. The van der Waals surface area contributed by atoms with Gasteiger partial charge < -0.3 is 10.1 Å². The summed E-state index contributed by atoms with van der Waals surface area (Å²) in [7, 11) is 1.75. The highest BCUT2D eigenvalue weighted by Gasteiger charge is 2.24. The van der Waals surface area contributed by atoms with Crippen molar-refractivity contribution in [1.82, 2.24) is 15.3 Å². The molecule has 0 radical (unpaired) electrons. The molecule has 1 amide bonds. The van der Waals surface area contributed by atoms with Crippen LogP contribution in [0.25, 0.3) is 0 Å². The summed E-state index contributed by atoms with van der Waals surface area (Å²) >= 11 is 0. The van der Waals surface area contributed by atoms with Crippen LogP contribution in [0.3, 0.4) is 0 Å². The van der Waals surface area contributed by atoms with Crippen LogP contribution in [-0.2, 0) is 4.74 Å². The standard InChI is InChI=1S/C10H21N3O2/c1-10(2,3)15-9(14)12(4)13-7-5-11-6-8-13/h11H,5-8H2,1-4H3. The number of nitrogens with one attached hydrogen (secondary N) is 1. The third kappa shape index (κ3) is 4.05. The molecule has 1 N–H and O–H groups in total. The maximum atomic E-state index is 11.7. The Bertz CT molecular complexity index is 219. The molecule has 1 saturated heterocycles. The quantitative estimate of drug-likeness (QED) is 0.698. The monoisotopic (exact) mass is 215 g/mol. The maximum absolute atomic E-state index is 11.7. The summed E-state index contributed by atoms with van der Waals surface area (Å²) in [6.45, 7) is 9.12. The summed E-state index contributed by atoms with van der Waals surface area (Å²) in [6, 6.07) is 0. The molecule has 88 valence electrons. The van der Waals surface area contributed by atoms with E-state index < -0.39 is 5.60 Å². The molecule has 0 aliphatic carbocycles. The van der Waals surface area contributed by atoms with E-state index in [-0.39, 0.29) is 6.09 Å². The first-order valence-corrected chi connectivity index (χ1v) is 5.32. The van der Waals surface area contributed by atoms with Crippen molar-refractivity contribution < 1.29 is 9.53 Å². The van der Waals surface area contributed by atoms with Crippen molar-refractivity contribution in [3.63, 3.8) is 0 Å². The van der Waals surface area contributed by atoms with Crippen molar-refractivity contribution in [1.29, 1.82) is 0 Å². The fourth-order valence-corrected chi connectivity index (χ4v) is 1.40. The van der Waals surface area contributed by atoms with Gasteiger partial charge in [-0.3, -0.25) is 0 Å². The third-order valence-electron chi connectivity index (χ3n) is 2.18. The Morgan fingerprint density at radius 2 is 1.87 bits per heavy atom. The molecule has 0 spiro atoms. The first kappa shape index (κ1) is 12.3. The minimum absolute atomic E-state index is 0.288. The van der Waals surface area contributed by atoms with Gasteiger partial charge >= 0.3 is 6.09 Å². The van der Waals surface area contributed by atoms with Crippen LogP contribution in [0.5, 0.6) is 0 Å². The lowest BCUT2D eigenvalue weighted by Gasteiger charge is -2.35. The fourth-order valence-electron chi connectivity index (χ4n) is 1.40. The average Bonchev–Trinajstić information content (AvgIpc) is 2.15. The second kappa shape index (κ2) is 4.81. The lowest BCUT2D eigenvalue weighted by atomic mass is 10.2. The van der Waals surface area contributed by atoms with Crippen LogP contribution in [0, 0.1) is 0 Å². The number of carbonyl (C=O) groups excluding carboxylic acids is 1. The van der Waals surface area contributed by atoms with Crippen LogP contribution >= 0.6 is 0 Å². The number of hydrogen-bond donors (Lipinski definition) is 1. The molecule has 1 aliphatic rings. The van der Waals surface area contributed by atoms with Crippen molar-refractivity contribution in [2.45, 2.75) is 26.4 Å². The predicted octanol–water partition coefficient (Wildman–Crippen LogP) is 0.673. The SMILES string of the molecule is CN(C(=O)OC(C)(C)C)N1CCNCC1. The molecule has 1 heterocycles. The molecule has 5 nitrogen and oxygen atoms in total. The Morgan fingerprint density at radius 3 is 2.33 bits per heavy atom. The zero-order valence-corrected chi connectivity index (χ0v) is 10.0. The van der Waals surface area contributed by atoms with Gasteiger partial charge in [0.2, 0.25) is 0 Å². The van der Waals surface area contributed by atoms with E-state index in [1.165, 1.54) is 0 Å². The molecule has 1 fully saturated rings. The van der Waals surface area contributed by atoms with Crippen molar-refractivity contribution in [2.75, 3.05) is 33.2 Å². The minimum Gasteiger partial charge on any atom is -0.443 e. The molecule has 0 aromatic carbocycles. The van der Waals surface area contributed by atoms with E-state index in [0.717, 1.165) is 26.2 Å². The predicted molar refractivity (Wildman–Crippen MR) is 58.4 cm³/mol. The van der Waals surface area contributed by atoms with E-state index in [1.807, 2.05) is 25.8 Å². The topological polar surface area (TPSA) is 44.8 Å². The highest BCUT2D eigenvalue weighted by Crippen LogP contribution is 2.10. The molecule has 0 saturated carbocycles. The van der Waals surface area contributed by atoms with Gasteiger partial charge in [-0.1, -0.05) is 0 Å². The summed E-state index contributed by atoms with van der Waals surface area (Å²) in [4.78, 5) is 11.7. The van der Waals surface area contributed by atoms with Gasteiger partial charge in [-0.25, -0.2) is 14.8 Å². The molecule has 0 atom stereocenters. The smallest absolute Gasteiger partial charge is 0.424 e. The van der Waals surface area contributed by atoms with Crippen LogP contribution < -0.4 is 5.32 Å². The van der Waals surface area contributed by atoms with Crippen molar-refractivity contribution in [2.24, 2.45) is 0 Å². The minimum atomic E-state index is -0.431. The number of piperazine rings is 1. The molecule has 0 aromatic rings. The number of hydrazine groups is 1. The summed E-state index contributed by atoms with van der Waals surface area (Å²) in [5, 5.41) is 6.79. The zero-order chi connectivity index (χ0) is 11.5. The first-order chi connectivity index (χ1) is 6.90. The number of hydrogen-bond acceptors (Lipinski definition) is 4. The van der Waals surface area contributed by atoms with Crippen LogP contribution in [0.15, 0.2) is 0 Å². The Balaban J connectivity index is 2.44. The molecular weight excluding hydrogens is 194 g/mol. The Labute approximate surface area is 91.3 Å². The normalized spacial score (nSPS) is 18.7. The Kier molecular flexibility index (Phi) is 3.93. The number of carbonyl (C=O) groups is 1. The molecule has 1 rings (SSSR count). The summed E-state index contributed by atoms with van der Waals surface area (Å²) in [6.07, 6.45) is -0.288. The number of amides is 1. The summed E-state index contributed by atoms with van der Waals surface area (Å²) < 4.78 is 5.28. The van der Waals surface area contributed by atoms with Gasteiger partial charge in [-0.2, -0.15) is 0 Å². The lowest BCUT2D eigenvalue weighted by Crippen LogP contribution is -2.53. The highest BCUT2D eigenvalue weighted by atomic mass is 16.6. The number of rotatable bonds is 1. The van der Waals surface area contributed by atoms with Gasteiger partial charge in [0.1, 0.15) is 5.60 Å². The summed E-state index contributed by atoms with van der Waals surface area (Å²) in [5.74, 6) is 0. The van der Waals surface area contributed by atoms with Gasteiger partial charge in [-0.15, -0.1) is 0 Å². The van der Waals surface area contributed by atoms with E-state index in [1.54, 1.807) is 12.1 Å². The van der Waals surface area contributed by atoms with E-state index in [4.69, 9.17) is 4.74 Å². The fraction of sp³-hybridized carbons (Fsp3) is 0.900. The Morgan fingerprint density at radius 1 is 1.33 bits per heavy atom. The van der Waals surface area contributed by atoms with Crippen molar-refractivity contribution >= 4 is 6.09 Å². The molecule has 15 heavy (non-hydrogen) atoms. The van der Waals surface area contributed by atoms with E-state index in [9.17, 15) is 4.79 Å². The van der Waals surface area contributed by atoms with Gasteiger partial charge in [0.15, 0.2) is 0 Å². The molecule has 0 unspecified atom stereocenters. The first-order valence-electron chi connectivity index (χ1n) is 5.32. The van der Waals surface area contributed by atoms with Gasteiger partial charge in [0, 0.05) is 33.2 Å².